The summed E-state index contributed by atoms with van der Waals surface area (Å²) in [4.78, 5) is 12.3. The number of carbonyl (C=O) groups excluding carboxylic acids is 1. The van der Waals surface area contributed by atoms with Crippen molar-refractivity contribution in [3.8, 4) is 0 Å². The van der Waals surface area contributed by atoms with Crippen molar-refractivity contribution < 1.29 is 4.79 Å². The van der Waals surface area contributed by atoms with Crippen molar-refractivity contribution in [2.45, 2.75) is 32.0 Å². The van der Waals surface area contributed by atoms with Gasteiger partial charge in [-0.15, -0.1) is 10.2 Å². The van der Waals surface area contributed by atoms with E-state index in [0.717, 1.165) is 27.4 Å². The molecule has 0 saturated heterocycles. The second kappa shape index (κ2) is 7.05. The van der Waals surface area contributed by atoms with E-state index in [2.05, 4.69) is 29.4 Å². The fourth-order valence-electron chi connectivity index (χ4n) is 2.69. The predicted octanol–water partition coefficient (Wildman–Crippen LogP) is 4.05. The van der Waals surface area contributed by atoms with Gasteiger partial charge < -0.3 is 9.88 Å². The highest BCUT2D eigenvalue weighted by Gasteiger charge is 2.14. The molecule has 1 aromatic heterocycles. The number of aromatic nitrogens is 3. The maximum absolute atomic E-state index is 12.3. The zero-order chi connectivity index (χ0) is 17.1. The fourth-order valence-corrected chi connectivity index (χ4v) is 3.61. The summed E-state index contributed by atoms with van der Waals surface area (Å²) in [6.07, 6.45) is 0. The number of benzene rings is 2. The van der Waals surface area contributed by atoms with E-state index >= 15 is 0 Å². The molecule has 6 heteroatoms. The monoisotopic (exact) mass is 340 g/mol. The van der Waals surface area contributed by atoms with Crippen molar-refractivity contribution >= 4 is 34.1 Å². The number of thioether (sulfide) groups is 1. The minimum atomic E-state index is -0.0488. The lowest BCUT2D eigenvalue weighted by Crippen LogP contribution is -2.15. The van der Waals surface area contributed by atoms with Gasteiger partial charge in [-0.05, 0) is 32.2 Å². The van der Waals surface area contributed by atoms with Crippen molar-refractivity contribution in [3.05, 3.63) is 48.3 Å². The zero-order valence-corrected chi connectivity index (χ0v) is 14.8. The predicted molar refractivity (Wildman–Crippen MR) is 98.4 cm³/mol. The van der Waals surface area contributed by atoms with Crippen LogP contribution < -0.4 is 5.32 Å². The van der Waals surface area contributed by atoms with Crippen LogP contribution in [0.15, 0.2) is 47.6 Å². The summed E-state index contributed by atoms with van der Waals surface area (Å²) in [6, 6.07) is 14.2. The van der Waals surface area contributed by atoms with Crippen molar-refractivity contribution in [3.63, 3.8) is 0 Å². The second-order valence-corrected chi connectivity index (χ2v) is 6.80. The summed E-state index contributed by atoms with van der Waals surface area (Å²) in [5, 5.41) is 14.2. The summed E-state index contributed by atoms with van der Waals surface area (Å²) < 4.78 is 2.04. The van der Waals surface area contributed by atoms with Crippen molar-refractivity contribution in [1.29, 1.82) is 0 Å². The van der Waals surface area contributed by atoms with Crippen LogP contribution in [0.4, 0.5) is 5.69 Å². The molecule has 1 N–H and O–H groups in total. The van der Waals surface area contributed by atoms with E-state index in [4.69, 9.17) is 0 Å². The van der Waals surface area contributed by atoms with Crippen LogP contribution in [0.25, 0.3) is 10.8 Å². The number of anilines is 1. The average molecular weight is 340 g/mol. The van der Waals surface area contributed by atoms with Gasteiger partial charge in [-0.3, -0.25) is 4.79 Å². The van der Waals surface area contributed by atoms with Gasteiger partial charge in [-0.25, -0.2) is 0 Å². The molecule has 0 aliphatic rings. The van der Waals surface area contributed by atoms with Gasteiger partial charge in [0.05, 0.1) is 5.75 Å². The highest BCUT2D eigenvalue weighted by atomic mass is 32.2. The molecule has 0 unspecified atom stereocenters. The number of rotatable bonds is 5. The number of carbonyl (C=O) groups is 1. The number of nitrogens with one attached hydrogen (secondary N) is 1. The first-order chi connectivity index (χ1) is 11.6. The minimum Gasteiger partial charge on any atom is -0.325 e. The molecule has 0 aliphatic carbocycles. The lowest BCUT2D eigenvalue weighted by Gasteiger charge is -2.12. The first-order valence-electron chi connectivity index (χ1n) is 7.88. The van der Waals surface area contributed by atoms with Crippen molar-refractivity contribution in [2.75, 3.05) is 11.1 Å². The third-order valence-electron chi connectivity index (χ3n) is 3.75. The molecule has 0 saturated carbocycles. The van der Waals surface area contributed by atoms with Crippen LogP contribution >= 0.6 is 11.8 Å². The smallest absolute Gasteiger partial charge is 0.234 e. The van der Waals surface area contributed by atoms with E-state index in [1.54, 1.807) is 0 Å². The molecular formula is C18H20N4OS. The van der Waals surface area contributed by atoms with E-state index in [0.29, 0.717) is 5.75 Å². The summed E-state index contributed by atoms with van der Waals surface area (Å²) >= 11 is 1.41. The standard InChI is InChI=1S/C18H20N4OS/c1-12(2)22-13(3)20-21-18(22)24-11-17(23)19-16-10-6-8-14-7-4-5-9-15(14)16/h4-10,12H,11H2,1-3H3,(H,19,23). The van der Waals surface area contributed by atoms with Crippen LogP contribution in [-0.2, 0) is 4.79 Å². The Morgan fingerprint density at radius 2 is 1.92 bits per heavy atom. The van der Waals surface area contributed by atoms with Crippen LogP contribution in [0.5, 0.6) is 0 Å². The number of amides is 1. The summed E-state index contributed by atoms with van der Waals surface area (Å²) in [7, 11) is 0. The van der Waals surface area contributed by atoms with Crippen LogP contribution in [0.3, 0.4) is 0 Å². The lowest BCUT2D eigenvalue weighted by molar-refractivity contribution is -0.113. The van der Waals surface area contributed by atoms with Gasteiger partial charge in [0.2, 0.25) is 5.91 Å². The number of fused-ring (bicyclic) bond motifs is 1. The topological polar surface area (TPSA) is 59.8 Å². The van der Waals surface area contributed by atoms with Crippen molar-refractivity contribution in [1.82, 2.24) is 14.8 Å². The summed E-state index contributed by atoms with van der Waals surface area (Å²) in [6.45, 7) is 6.08. The van der Waals surface area contributed by atoms with Gasteiger partial charge >= 0.3 is 0 Å². The van der Waals surface area contributed by atoms with E-state index in [9.17, 15) is 4.79 Å². The normalized spacial score (nSPS) is 11.2. The van der Waals surface area contributed by atoms with Gasteiger partial charge in [0.25, 0.3) is 0 Å². The Morgan fingerprint density at radius 3 is 2.71 bits per heavy atom. The molecule has 2 aromatic carbocycles. The molecule has 24 heavy (non-hydrogen) atoms. The molecule has 0 fully saturated rings. The minimum absolute atomic E-state index is 0.0488. The molecule has 5 nitrogen and oxygen atoms in total. The molecular weight excluding hydrogens is 320 g/mol. The molecule has 0 bridgehead atoms. The van der Waals surface area contributed by atoms with Gasteiger partial charge in [0.15, 0.2) is 5.16 Å². The molecule has 1 heterocycles. The Bertz CT molecular complexity index is 867. The highest BCUT2D eigenvalue weighted by Crippen LogP contribution is 2.24. The maximum atomic E-state index is 12.3. The maximum Gasteiger partial charge on any atom is 0.234 e. The lowest BCUT2D eigenvalue weighted by atomic mass is 10.1. The SMILES string of the molecule is Cc1nnc(SCC(=O)Nc2cccc3ccccc23)n1C(C)C. The van der Waals surface area contributed by atoms with Gasteiger partial charge in [-0.2, -0.15) is 0 Å². The zero-order valence-electron chi connectivity index (χ0n) is 14.0. The number of aryl methyl sites for hydroxylation is 1. The fraction of sp³-hybridized carbons (Fsp3) is 0.278. The van der Waals surface area contributed by atoms with Crippen LogP contribution in [-0.4, -0.2) is 26.4 Å². The third-order valence-corrected chi connectivity index (χ3v) is 4.69. The Kier molecular flexibility index (Phi) is 4.85. The molecule has 3 rings (SSSR count). The first-order valence-corrected chi connectivity index (χ1v) is 8.86. The number of hydrogen-bond acceptors (Lipinski definition) is 4. The van der Waals surface area contributed by atoms with Gasteiger partial charge in [0, 0.05) is 17.1 Å². The molecule has 0 radical (unpaired) electrons. The van der Waals surface area contributed by atoms with Crippen LogP contribution in [0.2, 0.25) is 0 Å². The van der Waals surface area contributed by atoms with Crippen LogP contribution in [0.1, 0.15) is 25.7 Å². The van der Waals surface area contributed by atoms with E-state index in [1.165, 1.54) is 11.8 Å². The third kappa shape index (κ3) is 3.43. The molecule has 0 spiro atoms. The molecule has 0 atom stereocenters. The van der Waals surface area contributed by atoms with E-state index in [1.807, 2.05) is 54.0 Å². The Labute approximate surface area is 145 Å². The molecule has 3 aromatic rings. The Hall–Kier alpha value is -2.34. The van der Waals surface area contributed by atoms with E-state index < -0.39 is 0 Å². The van der Waals surface area contributed by atoms with E-state index in [-0.39, 0.29) is 11.9 Å². The van der Waals surface area contributed by atoms with Crippen LogP contribution in [0, 0.1) is 6.92 Å². The highest BCUT2D eigenvalue weighted by molar-refractivity contribution is 7.99. The second-order valence-electron chi connectivity index (χ2n) is 5.86. The largest absolute Gasteiger partial charge is 0.325 e. The molecule has 1 amide bonds. The molecule has 124 valence electrons. The van der Waals surface area contributed by atoms with Gasteiger partial charge in [-0.1, -0.05) is 48.2 Å². The Balaban J connectivity index is 1.70. The summed E-state index contributed by atoms with van der Waals surface area (Å²) in [5.41, 5.74) is 0.834. The summed E-state index contributed by atoms with van der Waals surface area (Å²) in [5.74, 6) is 1.11. The average Bonchev–Trinajstić information content (AvgIpc) is 2.94. The van der Waals surface area contributed by atoms with Crippen molar-refractivity contribution in [2.24, 2.45) is 0 Å². The molecule has 0 aliphatic heterocycles. The Morgan fingerprint density at radius 1 is 1.17 bits per heavy atom. The number of hydrogen-bond donors (Lipinski definition) is 1. The number of nitrogens with zero attached hydrogens (tertiary/aromatic N) is 3. The van der Waals surface area contributed by atoms with Gasteiger partial charge in [0.1, 0.15) is 5.82 Å². The quantitative estimate of drug-likeness (QED) is 0.712. The first kappa shape index (κ1) is 16.5.